The number of imide groups is 1. The zero-order chi connectivity index (χ0) is 24.1. The highest BCUT2D eigenvalue weighted by Crippen LogP contribution is 2.55. The lowest BCUT2D eigenvalue weighted by molar-refractivity contribution is -0.123. The first-order valence-electron chi connectivity index (χ1n) is 11.4. The maximum absolute atomic E-state index is 13.1. The largest absolute Gasteiger partial charge is 0.452 e. The minimum Gasteiger partial charge on any atom is -0.452 e. The Kier molecular flexibility index (Phi) is 5.35. The average Bonchev–Trinajstić information content (AvgIpc) is 3.44. The molecule has 7 nitrogen and oxygen atoms in total. The Bertz CT molecular complexity index is 1250. The number of aryl methyl sites for hydroxylation is 2. The monoisotopic (exact) mass is 458 g/mol. The zero-order valence-corrected chi connectivity index (χ0v) is 19.3. The number of esters is 1. The maximum atomic E-state index is 13.1. The molecule has 2 aromatic rings. The van der Waals surface area contributed by atoms with Gasteiger partial charge in [0, 0.05) is 5.69 Å². The third-order valence-electron chi connectivity index (χ3n) is 7.23. The average molecular weight is 459 g/mol. The van der Waals surface area contributed by atoms with E-state index in [1.807, 2.05) is 32.9 Å². The second kappa shape index (κ2) is 8.24. The van der Waals surface area contributed by atoms with Crippen LogP contribution in [0.5, 0.6) is 0 Å². The number of carbonyl (C=O) groups is 4. The molecule has 0 radical (unpaired) electrons. The van der Waals surface area contributed by atoms with Crippen LogP contribution in [0.15, 0.2) is 54.1 Å². The molecule has 2 aromatic carbocycles. The van der Waals surface area contributed by atoms with Crippen LogP contribution in [0.2, 0.25) is 0 Å². The number of amides is 3. The molecule has 1 N–H and O–H groups in total. The van der Waals surface area contributed by atoms with Crippen molar-refractivity contribution in [2.45, 2.75) is 27.2 Å². The predicted molar refractivity (Wildman–Crippen MR) is 126 cm³/mol. The van der Waals surface area contributed by atoms with E-state index in [1.54, 1.807) is 18.2 Å². The van der Waals surface area contributed by atoms with Gasteiger partial charge in [0.2, 0.25) is 11.8 Å². The maximum Gasteiger partial charge on any atom is 0.338 e. The van der Waals surface area contributed by atoms with Crippen LogP contribution in [0.3, 0.4) is 0 Å². The summed E-state index contributed by atoms with van der Waals surface area (Å²) in [5, 5.41) is 2.73. The Morgan fingerprint density at radius 2 is 1.71 bits per heavy atom. The molecule has 2 bridgehead atoms. The molecule has 4 atom stereocenters. The van der Waals surface area contributed by atoms with E-state index in [4.69, 9.17) is 4.74 Å². The van der Waals surface area contributed by atoms with Crippen LogP contribution >= 0.6 is 0 Å². The quantitative estimate of drug-likeness (QED) is 0.418. The van der Waals surface area contributed by atoms with Gasteiger partial charge in [0.1, 0.15) is 0 Å². The number of ether oxygens (including phenoxy) is 1. The Balaban J connectivity index is 1.21. The van der Waals surface area contributed by atoms with Crippen molar-refractivity contribution in [2.75, 3.05) is 16.8 Å². The van der Waals surface area contributed by atoms with Gasteiger partial charge in [-0.05, 0) is 74.9 Å². The van der Waals surface area contributed by atoms with Crippen LogP contribution < -0.4 is 10.2 Å². The minimum atomic E-state index is -0.656. The fourth-order valence-electron chi connectivity index (χ4n) is 5.63. The summed E-state index contributed by atoms with van der Waals surface area (Å²) >= 11 is 0. The topological polar surface area (TPSA) is 92.8 Å². The molecule has 2 aliphatic carbocycles. The first kappa shape index (κ1) is 22.1. The van der Waals surface area contributed by atoms with E-state index < -0.39 is 18.5 Å². The standard InChI is InChI=1S/C27H26N2O5/c1-14-4-9-21(16(3)10-14)28-22(30)13-34-27(33)17-5-7-19(8-6-17)29-25(31)23-18-11-15(2)20(12-18)24(23)26(29)32/h4-11,18,20,23-24H,12-13H2,1-3H3,(H,28,30)/t18-,20+,23+,24+/m0/s1. The van der Waals surface area contributed by atoms with Gasteiger partial charge in [-0.25, -0.2) is 4.79 Å². The number of nitrogens with zero attached hydrogens (tertiary/aromatic N) is 1. The summed E-state index contributed by atoms with van der Waals surface area (Å²) in [6.45, 7) is 5.47. The molecule has 2 fully saturated rings. The van der Waals surface area contributed by atoms with Gasteiger partial charge >= 0.3 is 5.97 Å². The summed E-state index contributed by atoms with van der Waals surface area (Å²) in [5.41, 5.74) is 4.56. The number of hydrogen-bond acceptors (Lipinski definition) is 5. The third-order valence-corrected chi connectivity index (χ3v) is 7.23. The molecule has 34 heavy (non-hydrogen) atoms. The molecular formula is C27H26N2O5. The van der Waals surface area contributed by atoms with E-state index in [-0.39, 0.29) is 41.0 Å². The predicted octanol–water partition coefficient (Wildman–Crippen LogP) is 3.80. The Morgan fingerprint density at radius 3 is 2.41 bits per heavy atom. The molecule has 3 aliphatic rings. The molecule has 5 rings (SSSR count). The Labute approximate surface area is 197 Å². The van der Waals surface area contributed by atoms with Gasteiger partial charge in [-0.15, -0.1) is 0 Å². The highest BCUT2D eigenvalue weighted by molar-refractivity contribution is 6.23. The fraction of sp³-hybridized carbons (Fsp3) is 0.333. The molecule has 174 valence electrons. The summed E-state index contributed by atoms with van der Waals surface area (Å²) in [4.78, 5) is 51.9. The molecule has 1 saturated heterocycles. The normalized spacial score (nSPS) is 24.8. The number of anilines is 2. The van der Waals surface area contributed by atoms with Crippen molar-refractivity contribution in [3.05, 3.63) is 70.8 Å². The van der Waals surface area contributed by atoms with Gasteiger partial charge < -0.3 is 10.1 Å². The van der Waals surface area contributed by atoms with Crippen molar-refractivity contribution in [1.29, 1.82) is 0 Å². The van der Waals surface area contributed by atoms with Gasteiger partial charge in [0.05, 0.1) is 23.1 Å². The number of hydrogen-bond donors (Lipinski definition) is 1. The lowest BCUT2D eigenvalue weighted by Gasteiger charge is -2.19. The van der Waals surface area contributed by atoms with E-state index >= 15 is 0 Å². The van der Waals surface area contributed by atoms with Crippen molar-refractivity contribution in [3.8, 4) is 0 Å². The summed E-state index contributed by atoms with van der Waals surface area (Å²) in [6.07, 6.45) is 3.02. The van der Waals surface area contributed by atoms with E-state index in [0.29, 0.717) is 11.4 Å². The summed E-state index contributed by atoms with van der Waals surface area (Å²) in [6, 6.07) is 11.8. The first-order chi connectivity index (χ1) is 16.2. The number of rotatable bonds is 5. The number of fused-ring (bicyclic) bond motifs is 5. The zero-order valence-electron chi connectivity index (χ0n) is 19.3. The van der Waals surface area contributed by atoms with Gasteiger partial charge in [0.15, 0.2) is 6.61 Å². The molecule has 0 aromatic heterocycles. The van der Waals surface area contributed by atoms with Gasteiger partial charge in [-0.2, -0.15) is 0 Å². The van der Waals surface area contributed by atoms with Crippen molar-refractivity contribution in [3.63, 3.8) is 0 Å². The number of benzene rings is 2. The number of carbonyl (C=O) groups excluding carboxylic acids is 4. The molecular weight excluding hydrogens is 432 g/mol. The van der Waals surface area contributed by atoms with Gasteiger partial charge in [-0.3, -0.25) is 19.3 Å². The molecule has 1 heterocycles. The van der Waals surface area contributed by atoms with Crippen LogP contribution in [0.25, 0.3) is 0 Å². The van der Waals surface area contributed by atoms with Crippen molar-refractivity contribution in [1.82, 2.24) is 0 Å². The van der Waals surface area contributed by atoms with Crippen molar-refractivity contribution in [2.24, 2.45) is 23.7 Å². The molecule has 0 unspecified atom stereocenters. The van der Waals surface area contributed by atoms with Gasteiger partial charge in [-0.1, -0.05) is 29.3 Å². The molecule has 7 heteroatoms. The van der Waals surface area contributed by atoms with Crippen LogP contribution in [-0.2, 0) is 19.1 Å². The number of nitrogens with one attached hydrogen (secondary N) is 1. The van der Waals surface area contributed by atoms with Crippen molar-refractivity contribution < 1.29 is 23.9 Å². The smallest absolute Gasteiger partial charge is 0.338 e. The SMILES string of the molecule is CC1=C[C@H]2C[C@H]1[C@H]1C(=O)N(c3ccc(C(=O)OCC(=O)Nc4ccc(C)cc4C)cc3)C(=O)[C@@H]12. The second-order valence-corrected chi connectivity index (χ2v) is 9.47. The van der Waals surface area contributed by atoms with E-state index in [1.165, 1.54) is 22.6 Å². The Morgan fingerprint density at radius 1 is 1.00 bits per heavy atom. The number of allylic oxidation sites excluding steroid dienone is 2. The van der Waals surface area contributed by atoms with Gasteiger partial charge in [0.25, 0.3) is 5.91 Å². The summed E-state index contributed by atoms with van der Waals surface area (Å²) in [5.74, 6) is -1.67. The van der Waals surface area contributed by atoms with Crippen LogP contribution in [0.1, 0.15) is 34.8 Å². The molecule has 3 amide bonds. The summed E-state index contributed by atoms with van der Waals surface area (Å²) < 4.78 is 5.14. The molecule has 0 spiro atoms. The van der Waals surface area contributed by atoms with Crippen LogP contribution in [0, 0.1) is 37.5 Å². The molecule has 1 aliphatic heterocycles. The highest BCUT2D eigenvalue weighted by atomic mass is 16.5. The Hall–Kier alpha value is -3.74. The van der Waals surface area contributed by atoms with Crippen LogP contribution in [-0.4, -0.2) is 30.3 Å². The lowest BCUT2D eigenvalue weighted by atomic mass is 9.82. The summed E-state index contributed by atoms with van der Waals surface area (Å²) in [7, 11) is 0. The van der Waals surface area contributed by atoms with E-state index in [0.717, 1.165) is 17.5 Å². The second-order valence-electron chi connectivity index (χ2n) is 9.47. The van der Waals surface area contributed by atoms with E-state index in [9.17, 15) is 19.2 Å². The minimum absolute atomic E-state index is 0.139. The third kappa shape index (κ3) is 3.61. The van der Waals surface area contributed by atoms with E-state index in [2.05, 4.69) is 11.4 Å². The lowest BCUT2D eigenvalue weighted by Crippen LogP contribution is -2.33. The molecule has 1 saturated carbocycles. The fourth-order valence-corrected chi connectivity index (χ4v) is 5.63. The van der Waals surface area contributed by atoms with Crippen LogP contribution in [0.4, 0.5) is 11.4 Å². The first-order valence-corrected chi connectivity index (χ1v) is 11.4. The highest BCUT2D eigenvalue weighted by Gasteiger charge is 2.60. The van der Waals surface area contributed by atoms with Crippen molar-refractivity contribution >= 4 is 35.1 Å².